The fourth-order valence-electron chi connectivity index (χ4n) is 2.98. The normalized spacial score (nSPS) is 18.9. The number of carbonyl (C=O) groups is 2. The summed E-state index contributed by atoms with van der Waals surface area (Å²) >= 11 is 0. The average Bonchev–Trinajstić information content (AvgIpc) is 2.83. The highest BCUT2D eigenvalue weighted by Crippen LogP contribution is 2.21. The smallest absolute Gasteiger partial charge is 0.271 e. The highest BCUT2D eigenvalue weighted by molar-refractivity contribution is 6.00. The second-order valence-electron chi connectivity index (χ2n) is 5.49. The van der Waals surface area contributed by atoms with E-state index in [4.69, 9.17) is 0 Å². The van der Waals surface area contributed by atoms with E-state index in [2.05, 4.69) is 5.32 Å². The third-order valence-electron chi connectivity index (χ3n) is 3.87. The number of hydrogen-bond acceptors (Lipinski definition) is 2. The first kappa shape index (κ1) is 13.7. The van der Waals surface area contributed by atoms with Crippen molar-refractivity contribution in [2.24, 2.45) is 0 Å². The topological polar surface area (TPSA) is 54.3 Å². The van der Waals surface area contributed by atoms with Gasteiger partial charge in [0.15, 0.2) is 0 Å². The molecular formula is C16H19N3O2. The average molecular weight is 285 g/mol. The molecule has 2 aromatic rings. The fraction of sp³-hybridized carbons (Fsp3) is 0.375. The summed E-state index contributed by atoms with van der Waals surface area (Å²) < 4.78 is 2.01. The van der Waals surface area contributed by atoms with Gasteiger partial charge in [0.05, 0.1) is 6.54 Å². The number of benzene rings is 1. The number of nitrogens with zero attached hydrogens (tertiary/aromatic N) is 2. The fourth-order valence-corrected chi connectivity index (χ4v) is 2.98. The zero-order chi connectivity index (χ0) is 15.0. The molecule has 1 aromatic carbocycles. The lowest BCUT2D eigenvalue weighted by atomic mass is 10.2. The molecule has 1 aliphatic rings. The first-order valence-corrected chi connectivity index (χ1v) is 7.27. The van der Waals surface area contributed by atoms with Crippen molar-refractivity contribution in [3.63, 3.8) is 0 Å². The van der Waals surface area contributed by atoms with Crippen LogP contribution in [0.5, 0.6) is 0 Å². The maximum absolute atomic E-state index is 12.8. The lowest BCUT2D eigenvalue weighted by molar-refractivity contribution is -0.124. The van der Waals surface area contributed by atoms with Gasteiger partial charge >= 0.3 is 0 Å². The van der Waals surface area contributed by atoms with Crippen LogP contribution in [-0.2, 0) is 11.3 Å². The molecule has 0 spiro atoms. The lowest BCUT2D eigenvalue weighted by Gasteiger charge is -2.31. The van der Waals surface area contributed by atoms with E-state index in [-0.39, 0.29) is 24.4 Å². The van der Waals surface area contributed by atoms with E-state index in [1.807, 2.05) is 48.7 Å². The summed E-state index contributed by atoms with van der Waals surface area (Å²) in [6.45, 7) is 5.34. The van der Waals surface area contributed by atoms with Crippen molar-refractivity contribution < 1.29 is 9.59 Å². The molecule has 1 saturated heterocycles. The molecule has 1 fully saturated rings. The van der Waals surface area contributed by atoms with E-state index in [1.165, 1.54) is 0 Å². The Morgan fingerprint density at radius 3 is 2.86 bits per heavy atom. The number of fused-ring (bicyclic) bond motifs is 1. The first-order valence-electron chi connectivity index (χ1n) is 7.27. The summed E-state index contributed by atoms with van der Waals surface area (Å²) in [6.07, 6.45) is 0. The number of para-hydroxylation sites is 1. The highest BCUT2D eigenvalue weighted by Gasteiger charge is 2.28. The van der Waals surface area contributed by atoms with Crippen LogP contribution >= 0.6 is 0 Å². The summed E-state index contributed by atoms with van der Waals surface area (Å²) in [4.78, 5) is 26.0. The zero-order valence-corrected chi connectivity index (χ0v) is 12.3. The molecule has 5 nitrogen and oxygen atoms in total. The number of piperazine rings is 1. The van der Waals surface area contributed by atoms with E-state index < -0.39 is 0 Å². The molecule has 1 aromatic heterocycles. The minimum absolute atomic E-state index is 0.00495. The van der Waals surface area contributed by atoms with Gasteiger partial charge < -0.3 is 14.8 Å². The maximum atomic E-state index is 12.8. The molecule has 1 N–H and O–H groups in total. The van der Waals surface area contributed by atoms with E-state index in [1.54, 1.807) is 4.90 Å². The second kappa shape index (κ2) is 5.24. The predicted molar refractivity (Wildman–Crippen MR) is 81.1 cm³/mol. The number of carbonyl (C=O) groups excluding carboxylic acids is 2. The molecule has 1 unspecified atom stereocenters. The number of amides is 2. The van der Waals surface area contributed by atoms with Gasteiger partial charge in [-0.25, -0.2) is 0 Å². The maximum Gasteiger partial charge on any atom is 0.271 e. The molecule has 0 bridgehead atoms. The molecule has 110 valence electrons. The van der Waals surface area contributed by atoms with Crippen molar-refractivity contribution in [2.45, 2.75) is 26.4 Å². The highest BCUT2D eigenvalue weighted by atomic mass is 16.2. The molecular weight excluding hydrogens is 266 g/mol. The predicted octanol–water partition coefficient (Wildman–Crippen LogP) is 1.62. The van der Waals surface area contributed by atoms with Crippen LogP contribution in [0.3, 0.4) is 0 Å². The van der Waals surface area contributed by atoms with E-state index >= 15 is 0 Å². The monoisotopic (exact) mass is 285 g/mol. The Bertz CT molecular complexity index is 705. The second-order valence-corrected chi connectivity index (χ2v) is 5.49. The van der Waals surface area contributed by atoms with Crippen molar-refractivity contribution in [1.82, 2.24) is 14.8 Å². The summed E-state index contributed by atoms with van der Waals surface area (Å²) in [6, 6.07) is 9.87. The third kappa shape index (κ3) is 2.39. The number of nitrogens with one attached hydrogen (secondary N) is 1. The third-order valence-corrected chi connectivity index (χ3v) is 3.87. The van der Waals surface area contributed by atoms with Gasteiger partial charge in [0.2, 0.25) is 5.91 Å². The summed E-state index contributed by atoms with van der Waals surface area (Å²) in [5.74, 6) is -0.170. The Kier molecular flexibility index (Phi) is 3.41. The molecule has 0 radical (unpaired) electrons. The number of aryl methyl sites for hydroxylation is 1. The Balaban J connectivity index is 1.99. The van der Waals surface area contributed by atoms with Gasteiger partial charge in [-0.15, -0.1) is 0 Å². The van der Waals surface area contributed by atoms with Crippen LogP contribution in [0.25, 0.3) is 10.9 Å². The van der Waals surface area contributed by atoms with Crippen molar-refractivity contribution >= 4 is 22.7 Å². The molecule has 21 heavy (non-hydrogen) atoms. The quantitative estimate of drug-likeness (QED) is 0.911. The van der Waals surface area contributed by atoms with E-state index in [0.29, 0.717) is 12.2 Å². The largest absolute Gasteiger partial charge is 0.350 e. The Morgan fingerprint density at radius 1 is 1.38 bits per heavy atom. The molecule has 0 aliphatic carbocycles. The van der Waals surface area contributed by atoms with Crippen molar-refractivity contribution in [1.29, 1.82) is 0 Å². The number of hydrogen-bond donors (Lipinski definition) is 1. The Hall–Kier alpha value is -2.30. The molecule has 0 saturated carbocycles. The number of aromatic nitrogens is 1. The number of rotatable bonds is 2. The Labute approximate surface area is 123 Å². The van der Waals surface area contributed by atoms with Gasteiger partial charge in [0.25, 0.3) is 5.91 Å². The van der Waals surface area contributed by atoms with Crippen LogP contribution in [0.2, 0.25) is 0 Å². The van der Waals surface area contributed by atoms with Crippen LogP contribution in [0.1, 0.15) is 24.3 Å². The standard InChI is InChI=1S/C16H19N3O2/c1-3-19-13-7-5-4-6-12(13)8-14(19)16(21)18-9-11(2)17-15(20)10-18/h4-8,11H,3,9-10H2,1-2H3,(H,17,20). The summed E-state index contributed by atoms with van der Waals surface area (Å²) in [7, 11) is 0. The van der Waals surface area contributed by atoms with Gasteiger partial charge in [-0.1, -0.05) is 18.2 Å². The van der Waals surface area contributed by atoms with Crippen LogP contribution in [-0.4, -0.2) is 40.4 Å². The van der Waals surface area contributed by atoms with Gasteiger partial charge in [-0.3, -0.25) is 9.59 Å². The van der Waals surface area contributed by atoms with Gasteiger partial charge in [0.1, 0.15) is 5.69 Å². The first-order chi connectivity index (χ1) is 10.1. The van der Waals surface area contributed by atoms with Crippen LogP contribution in [0.4, 0.5) is 0 Å². The molecule has 3 rings (SSSR count). The van der Waals surface area contributed by atoms with Crippen LogP contribution < -0.4 is 5.32 Å². The molecule has 2 amide bonds. The van der Waals surface area contributed by atoms with Crippen molar-refractivity contribution in [3.8, 4) is 0 Å². The van der Waals surface area contributed by atoms with E-state index in [0.717, 1.165) is 17.4 Å². The van der Waals surface area contributed by atoms with Gasteiger partial charge in [-0.2, -0.15) is 0 Å². The van der Waals surface area contributed by atoms with E-state index in [9.17, 15) is 9.59 Å². The van der Waals surface area contributed by atoms with Crippen molar-refractivity contribution in [2.75, 3.05) is 13.1 Å². The minimum Gasteiger partial charge on any atom is -0.350 e. The van der Waals surface area contributed by atoms with Crippen LogP contribution in [0.15, 0.2) is 30.3 Å². The van der Waals surface area contributed by atoms with Gasteiger partial charge in [-0.05, 0) is 26.0 Å². The van der Waals surface area contributed by atoms with Gasteiger partial charge in [0, 0.05) is 30.0 Å². The lowest BCUT2D eigenvalue weighted by Crippen LogP contribution is -2.54. The minimum atomic E-state index is -0.0961. The molecule has 1 aliphatic heterocycles. The van der Waals surface area contributed by atoms with Crippen molar-refractivity contribution in [3.05, 3.63) is 36.0 Å². The SMILES string of the molecule is CCn1c(C(=O)N2CC(=O)NC(C)C2)cc2ccccc21. The molecule has 5 heteroatoms. The van der Waals surface area contributed by atoms with Crippen LogP contribution in [0, 0.1) is 0 Å². The molecule has 2 heterocycles. The Morgan fingerprint density at radius 2 is 2.14 bits per heavy atom. The summed E-state index contributed by atoms with van der Waals surface area (Å²) in [5, 5.41) is 3.88. The molecule has 1 atom stereocenters. The summed E-state index contributed by atoms with van der Waals surface area (Å²) in [5.41, 5.74) is 1.71. The zero-order valence-electron chi connectivity index (χ0n) is 12.3.